The second-order valence-corrected chi connectivity index (χ2v) is 15.7. The standard InChI is InChI=1S/C35H36Cl2N2O6S2/c1-4-19(35(45)39-16-23(14-37)32-27(39)10-21(12-30(43)44)25-8-18(3)47-34(25)32)5-6-28(40)38-15-22(13-36)31-26(38)9-20(11-29(41)42)24-7-17(2)46-33(24)31/h7-10,19,22-23H,4-6,11-16H2,1-3H3,(H,41,42)(H,43,44)/t19?,22-,23-/m0/s1. The van der Waals surface area contributed by atoms with Crippen LogP contribution in [0.2, 0.25) is 0 Å². The van der Waals surface area contributed by atoms with Crippen LogP contribution in [0, 0.1) is 19.8 Å². The highest BCUT2D eigenvalue weighted by Gasteiger charge is 2.39. The molecule has 0 bridgehead atoms. The molecule has 0 fully saturated rings. The second-order valence-electron chi connectivity index (χ2n) is 12.6. The fourth-order valence-corrected chi connectivity index (χ4v) is 10.2. The Morgan fingerprint density at radius 2 is 1.28 bits per heavy atom. The van der Waals surface area contributed by atoms with E-state index in [1.165, 1.54) is 0 Å². The lowest BCUT2D eigenvalue weighted by Gasteiger charge is -2.25. The Hall–Kier alpha value is -3.18. The molecule has 6 rings (SSSR count). The van der Waals surface area contributed by atoms with Crippen molar-refractivity contribution < 1.29 is 29.4 Å². The summed E-state index contributed by atoms with van der Waals surface area (Å²) in [6, 6.07) is 7.69. The number of aliphatic carboxylic acids is 2. The molecule has 12 heteroatoms. The fourth-order valence-electron chi connectivity index (χ4n) is 7.31. The largest absolute Gasteiger partial charge is 0.481 e. The summed E-state index contributed by atoms with van der Waals surface area (Å²) < 4.78 is 1.97. The monoisotopic (exact) mass is 714 g/mol. The highest BCUT2D eigenvalue weighted by molar-refractivity contribution is 7.19. The van der Waals surface area contributed by atoms with Crippen molar-refractivity contribution in [3.8, 4) is 0 Å². The van der Waals surface area contributed by atoms with Gasteiger partial charge in [-0.3, -0.25) is 19.2 Å². The number of nitrogens with zero attached hydrogens (tertiary/aromatic N) is 2. The molecule has 2 N–H and O–H groups in total. The Morgan fingerprint density at radius 3 is 1.72 bits per heavy atom. The van der Waals surface area contributed by atoms with Gasteiger partial charge in [-0.2, -0.15) is 0 Å². The van der Waals surface area contributed by atoms with E-state index < -0.39 is 17.9 Å². The quantitative estimate of drug-likeness (QED) is 0.153. The van der Waals surface area contributed by atoms with Gasteiger partial charge >= 0.3 is 11.9 Å². The lowest BCUT2D eigenvalue weighted by Crippen LogP contribution is -2.37. The van der Waals surface area contributed by atoms with Crippen LogP contribution in [0.1, 0.15) is 70.0 Å². The van der Waals surface area contributed by atoms with Crippen molar-refractivity contribution in [1.82, 2.24) is 0 Å². The molecule has 4 aromatic rings. The van der Waals surface area contributed by atoms with Gasteiger partial charge in [0.15, 0.2) is 0 Å². The molecule has 0 saturated heterocycles. The second kappa shape index (κ2) is 13.4. The van der Waals surface area contributed by atoms with Crippen LogP contribution in [-0.2, 0) is 32.0 Å². The van der Waals surface area contributed by atoms with E-state index in [1.807, 2.05) is 45.0 Å². The fraction of sp³-hybridized carbons (Fsp3) is 0.429. The van der Waals surface area contributed by atoms with Gasteiger partial charge in [-0.25, -0.2) is 0 Å². The number of hydrogen-bond acceptors (Lipinski definition) is 6. The average Bonchev–Trinajstić information content (AvgIpc) is 3.78. The summed E-state index contributed by atoms with van der Waals surface area (Å²) in [5, 5.41) is 21.0. The van der Waals surface area contributed by atoms with E-state index in [9.17, 15) is 29.4 Å². The maximum Gasteiger partial charge on any atom is 0.307 e. The first-order chi connectivity index (χ1) is 22.4. The summed E-state index contributed by atoms with van der Waals surface area (Å²) in [6.45, 7) is 6.73. The zero-order chi connectivity index (χ0) is 33.7. The third kappa shape index (κ3) is 6.14. The minimum atomic E-state index is -0.936. The highest BCUT2D eigenvalue weighted by atomic mass is 35.5. The third-order valence-corrected chi connectivity index (χ3v) is 12.4. The number of halogens is 2. The average molecular weight is 716 g/mol. The third-order valence-electron chi connectivity index (χ3n) is 9.44. The first kappa shape index (κ1) is 33.7. The van der Waals surface area contributed by atoms with Crippen LogP contribution in [0.25, 0.3) is 20.2 Å². The molecule has 2 aliphatic heterocycles. The Balaban J connectivity index is 1.27. The van der Waals surface area contributed by atoms with Gasteiger partial charge in [0.05, 0.1) is 12.8 Å². The molecular formula is C35H36Cl2N2O6S2. The minimum Gasteiger partial charge on any atom is -0.481 e. The summed E-state index contributed by atoms with van der Waals surface area (Å²) in [6.07, 6.45) is 0.719. The number of alkyl halides is 2. The molecule has 47 heavy (non-hydrogen) atoms. The van der Waals surface area contributed by atoms with E-state index in [2.05, 4.69) is 0 Å². The Kier molecular flexibility index (Phi) is 9.60. The minimum absolute atomic E-state index is 0.0787. The van der Waals surface area contributed by atoms with Crippen LogP contribution in [0.3, 0.4) is 0 Å². The van der Waals surface area contributed by atoms with E-state index in [0.717, 1.165) is 46.7 Å². The summed E-state index contributed by atoms with van der Waals surface area (Å²) >= 11 is 16.1. The van der Waals surface area contributed by atoms with Gasteiger partial charge in [-0.05, 0) is 84.0 Å². The molecule has 2 aromatic carbocycles. The number of carbonyl (C=O) groups is 4. The number of hydrogen-bond donors (Lipinski definition) is 2. The molecule has 0 saturated carbocycles. The first-order valence-corrected chi connectivity index (χ1v) is 18.4. The van der Waals surface area contributed by atoms with Gasteiger partial charge in [0, 0.05) is 79.6 Å². The Morgan fingerprint density at radius 1 is 0.809 bits per heavy atom. The predicted octanol–water partition coefficient (Wildman–Crippen LogP) is 7.83. The van der Waals surface area contributed by atoms with Crippen molar-refractivity contribution in [3.63, 3.8) is 0 Å². The molecule has 8 nitrogen and oxygen atoms in total. The van der Waals surface area contributed by atoms with Gasteiger partial charge in [0.1, 0.15) is 0 Å². The van der Waals surface area contributed by atoms with Crippen molar-refractivity contribution in [3.05, 3.63) is 56.3 Å². The number of carboxylic acids is 2. The van der Waals surface area contributed by atoms with Crippen molar-refractivity contribution in [2.45, 2.75) is 64.7 Å². The number of anilines is 2. The van der Waals surface area contributed by atoms with Gasteiger partial charge in [0.2, 0.25) is 11.8 Å². The van der Waals surface area contributed by atoms with Gasteiger partial charge in [-0.15, -0.1) is 45.9 Å². The normalized spacial score (nSPS) is 17.8. The smallest absolute Gasteiger partial charge is 0.307 e. The van der Waals surface area contributed by atoms with Gasteiger partial charge in [-0.1, -0.05) is 6.92 Å². The van der Waals surface area contributed by atoms with E-state index >= 15 is 0 Å². The number of aryl methyl sites for hydroxylation is 2. The molecule has 4 heterocycles. The van der Waals surface area contributed by atoms with Crippen LogP contribution >= 0.6 is 45.9 Å². The van der Waals surface area contributed by atoms with Crippen LogP contribution in [0.4, 0.5) is 11.4 Å². The number of rotatable bonds is 11. The van der Waals surface area contributed by atoms with Crippen molar-refractivity contribution in [2.24, 2.45) is 5.92 Å². The lowest BCUT2D eigenvalue weighted by molar-refractivity contribution is -0.137. The summed E-state index contributed by atoms with van der Waals surface area (Å²) in [7, 11) is 0. The van der Waals surface area contributed by atoms with E-state index in [0.29, 0.717) is 54.5 Å². The predicted molar refractivity (Wildman–Crippen MR) is 190 cm³/mol. The van der Waals surface area contributed by atoms with Gasteiger partial charge in [0.25, 0.3) is 0 Å². The number of thiophene rings is 2. The Bertz CT molecular complexity index is 1930. The van der Waals surface area contributed by atoms with E-state index in [1.54, 1.807) is 32.5 Å². The number of carboxylic acid groups (broad SMARTS) is 2. The summed E-state index contributed by atoms with van der Waals surface area (Å²) in [5.41, 5.74) is 4.76. The van der Waals surface area contributed by atoms with E-state index in [4.69, 9.17) is 23.2 Å². The number of fused-ring (bicyclic) bond motifs is 6. The SMILES string of the molecule is CCC(CCC(=O)N1C[C@H](CCl)c2c1cc(CC(=O)O)c1cc(C)sc21)C(=O)N1C[C@H](CCl)c2c1cc(CC(=O)O)c1cc(C)sc21. The van der Waals surface area contributed by atoms with Crippen molar-refractivity contribution >= 4 is 101 Å². The summed E-state index contributed by atoms with van der Waals surface area (Å²) in [4.78, 5) is 57.1. The molecule has 248 valence electrons. The number of carbonyl (C=O) groups excluding carboxylic acids is 2. The highest BCUT2D eigenvalue weighted by Crippen LogP contribution is 2.48. The molecule has 3 atom stereocenters. The Labute approximate surface area is 290 Å². The zero-order valence-electron chi connectivity index (χ0n) is 26.4. The first-order valence-electron chi connectivity index (χ1n) is 15.7. The molecule has 0 aliphatic carbocycles. The van der Waals surface area contributed by atoms with Crippen LogP contribution < -0.4 is 9.80 Å². The lowest BCUT2D eigenvalue weighted by atomic mass is 9.96. The number of amides is 2. The van der Waals surface area contributed by atoms with Crippen molar-refractivity contribution in [2.75, 3.05) is 34.6 Å². The van der Waals surface area contributed by atoms with Crippen LogP contribution in [0.5, 0.6) is 0 Å². The molecule has 2 amide bonds. The molecular weight excluding hydrogens is 679 g/mol. The van der Waals surface area contributed by atoms with Gasteiger partial charge < -0.3 is 20.0 Å². The molecule has 0 radical (unpaired) electrons. The topological polar surface area (TPSA) is 115 Å². The van der Waals surface area contributed by atoms with E-state index in [-0.39, 0.29) is 42.9 Å². The maximum absolute atomic E-state index is 14.2. The number of benzene rings is 2. The van der Waals surface area contributed by atoms with Crippen LogP contribution in [-0.4, -0.2) is 58.8 Å². The molecule has 1 unspecified atom stereocenters. The zero-order valence-corrected chi connectivity index (χ0v) is 29.5. The molecule has 2 aliphatic rings. The van der Waals surface area contributed by atoms with Crippen LogP contribution in [0.15, 0.2) is 24.3 Å². The maximum atomic E-state index is 14.2. The summed E-state index contributed by atoms with van der Waals surface area (Å²) in [5.74, 6) is -2.03. The molecule has 2 aromatic heterocycles. The van der Waals surface area contributed by atoms with Crippen molar-refractivity contribution in [1.29, 1.82) is 0 Å². The molecule has 0 spiro atoms.